The number of amides is 1. The van der Waals surface area contributed by atoms with Gasteiger partial charge in [-0.25, -0.2) is 19.3 Å². The number of para-hydroxylation sites is 2. The van der Waals surface area contributed by atoms with Crippen LogP contribution in [0.3, 0.4) is 0 Å². The van der Waals surface area contributed by atoms with E-state index in [9.17, 15) is 14.4 Å². The number of hydrogen-bond donors (Lipinski definition) is 1. The lowest BCUT2D eigenvalue weighted by atomic mass is 9.94. The molecule has 32 heavy (non-hydrogen) atoms. The predicted octanol–water partition coefficient (Wildman–Crippen LogP) is 2.17. The van der Waals surface area contributed by atoms with Crippen molar-refractivity contribution >= 4 is 22.7 Å². The quantitative estimate of drug-likeness (QED) is 0.528. The molecule has 1 aliphatic rings. The fourth-order valence-corrected chi connectivity index (χ4v) is 4.32. The van der Waals surface area contributed by atoms with Gasteiger partial charge in [-0.15, -0.1) is 0 Å². The molecule has 1 atom stereocenters. The smallest absolute Gasteiger partial charge is 0.358 e. The van der Waals surface area contributed by atoms with Crippen LogP contribution in [-0.2, 0) is 11.2 Å². The molecule has 1 fully saturated rings. The largest absolute Gasteiger partial charge is 0.420 e. The Labute approximate surface area is 182 Å². The van der Waals surface area contributed by atoms with Gasteiger partial charge in [-0.3, -0.25) is 14.7 Å². The number of nitrogens with one attached hydrogen (secondary N) is 1. The zero-order chi connectivity index (χ0) is 22.2. The lowest BCUT2D eigenvalue weighted by molar-refractivity contribution is -0.132. The summed E-state index contributed by atoms with van der Waals surface area (Å²) in [5.41, 5.74) is 2.81. The summed E-state index contributed by atoms with van der Waals surface area (Å²) in [6.07, 6.45) is 2.21. The molecule has 0 radical (unpaired) electrons. The number of H-pyrrole nitrogens is 1. The molecule has 5 rings (SSSR count). The van der Waals surface area contributed by atoms with Gasteiger partial charge in [0.25, 0.3) is 5.56 Å². The number of piperidine rings is 1. The molecule has 1 aliphatic heterocycles. The highest BCUT2D eigenvalue weighted by Gasteiger charge is 2.26. The Bertz CT molecular complexity index is 1430. The SMILES string of the molecule is Cc1cc(=O)n2[nH]c(C3CCCN(C(=O)CCc4nc5ccccc5oc4=O)C3)cc2n1. The van der Waals surface area contributed by atoms with E-state index in [0.29, 0.717) is 35.5 Å². The number of fused-ring (bicyclic) bond motifs is 2. The van der Waals surface area contributed by atoms with Crippen molar-refractivity contribution in [3.8, 4) is 0 Å². The van der Waals surface area contributed by atoms with Crippen molar-refractivity contribution in [2.24, 2.45) is 0 Å². The molecule has 3 aromatic heterocycles. The van der Waals surface area contributed by atoms with E-state index in [2.05, 4.69) is 15.1 Å². The molecular formula is C23H23N5O4. The van der Waals surface area contributed by atoms with Crippen molar-refractivity contribution in [2.75, 3.05) is 13.1 Å². The Morgan fingerprint density at radius 2 is 2.06 bits per heavy atom. The number of likely N-dealkylation sites (tertiary alicyclic amines) is 1. The van der Waals surface area contributed by atoms with Gasteiger partial charge in [-0.05, 0) is 31.9 Å². The molecule has 1 unspecified atom stereocenters. The summed E-state index contributed by atoms with van der Waals surface area (Å²) in [4.78, 5) is 47.9. The van der Waals surface area contributed by atoms with Crippen molar-refractivity contribution < 1.29 is 9.21 Å². The fourth-order valence-electron chi connectivity index (χ4n) is 4.32. The maximum atomic E-state index is 12.9. The number of nitrogens with zero attached hydrogens (tertiary/aromatic N) is 4. The molecular weight excluding hydrogens is 410 g/mol. The van der Waals surface area contributed by atoms with Crippen LogP contribution < -0.4 is 11.2 Å². The standard InChI is InChI=1S/C23H23N5O4/c1-14-11-22(30)28-20(24-14)12-18(26-28)15-5-4-10-27(13-15)21(29)9-8-17-23(31)32-19-7-3-2-6-16(19)25-17/h2-3,6-7,11-12,15,26H,4-5,8-10,13H2,1H3. The van der Waals surface area contributed by atoms with Crippen molar-refractivity contribution in [3.05, 3.63) is 74.3 Å². The Morgan fingerprint density at radius 1 is 1.22 bits per heavy atom. The molecule has 9 heteroatoms. The minimum absolute atomic E-state index is 0.0219. The third-order valence-corrected chi connectivity index (χ3v) is 5.95. The average molecular weight is 433 g/mol. The van der Waals surface area contributed by atoms with Crippen LogP contribution >= 0.6 is 0 Å². The zero-order valence-electron chi connectivity index (χ0n) is 17.7. The van der Waals surface area contributed by atoms with Crippen molar-refractivity contribution in [2.45, 2.75) is 38.5 Å². The number of aromatic nitrogens is 4. The van der Waals surface area contributed by atoms with E-state index in [4.69, 9.17) is 4.42 Å². The van der Waals surface area contributed by atoms with Gasteiger partial charge in [0.15, 0.2) is 11.2 Å². The Balaban J connectivity index is 1.29. The van der Waals surface area contributed by atoms with E-state index in [-0.39, 0.29) is 35.9 Å². The van der Waals surface area contributed by atoms with E-state index in [1.54, 1.807) is 25.1 Å². The molecule has 0 aliphatic carbocycles. The summed E-state index contributed by atoms with van der Waals surface area (Å²) in [5, 5.41) is 3.14. The number of hydrogen-bond acceptors (Lipinski definition) is 6. The second-order valence-electron chi connectivity index (χ2n) is 8.24. The van der Waals surface area contributed by atoms with Gasteiger partial charge >= 0.3 is 5.63 Å². The van der Waals surface area contributed by atoms with Crippen LogP contribution in [0.15, 0.2) is 50.4 Å². The summed E-state index contributed by atoms with van der Waals surface area (Å²) in [7, 11) is 0. The maximum Gasteiger partial charge on any atom is 0.358 e. The van der Waals surface area contributed by atoms with E-state index in [1.165, 1.54) is 10.6 Å². The Hall–Kier alpha value is -3.75. The first-order chi connectivity index (χ1) is 15.5. The van der Waals surface area contributed by atoms with E-state index in [0.717, 1.165) is 18.5 Å². The third kappa shape index (κ3) is 3.81. The number of carbonyl (C=O) groups is 1. The molecule has 4 heterocycles. The molecule has 0 spiro atoms. The van der Waals surface area contributed by atoms with Crippen LogP contribution in [0.2, 0.25) is 0 Å². The normalized spacial score (nSPS) is 16.7. The molecule has 0 bridgehead atoms. The van der Waals surface area contributed by atoms with Gasteiger partial charge in [-0.2, -0.15) is 0 Å². The summed E-state index contributed by atoms with van der Waals surface area (Å²) in [6.45, 7) is 3.02. The molecule has 0 saturated carbocycles. The fraction of sp³-hybridized carbons (Fsp3) is 0.348. The first-order valence-electron chi connectivity index (χ1n) is 10.7. The number of benzene rings is 1. The molecule has 1 amide bonds. The highest BCUT2D eigenvalue weighted by molar-refractivity contribution is 5.77. The Morgan fingerprint density at radius 3 is 2.94 bits per heavy atom. The molecule has 1 aromatic carbocycles. The lowest BCUT2D eigenvalue weighted by Gasteiger charge is -2.32. The monoisotopic (exact) mass is 433 g/mol. The maximum absolute atomic E-state index is 12.9. The highest BCUT2D eigenvalue weighted by Crippen LogP contribution is 2.27. The second kappa shape index (κ2) is 8.07. The van der Waals surface area contributed by atoms with E-state index < -0.39 is 5.63 Å². The number of carbonyl (C=O) groups excluding carboxylic acids is 1. The van der Waals surface area contributed by atoms with Crippen molar-refractivity contribution in [1.82, 2.24) is 24.5 Å². The Kier molecular flexibility index (Phi) is 5.08. The van der Waals surface area contributed by atoms with Gasteiger partial charge < -0.3 is 9.32 Å². The summed E-state index contributed by atoms with van der Waals surface area (Å²) in [6, 6.07) is 10.5. The molecule has 164 valence electrons. The summed E-state index contributed by atoms with van der Waals surface area (Å²) < 4.78 is 6.75. The van der Waals surface area contributed by atoms with Gasteiger partial charge in [0.1, 0.15) is 11.2 Å². The minimum atomic E-state index is -0.501. The molecule has 1 N–H and O–H groups in total. The molecule has 9 nitrogen and oxygen atoms in total. The van der Waals surface area contributed by atoms with Crippen LogP contribution in [0.5, 0.6) is 0 Å². The lowest BCUT2D eigenvalue weighted by Crippen LogP contribution is -2.39. The second-order valence-corrected chi connectivity index (χ2v) is 8.24. The average Bonchev–Trinajstić information content (AvgIpc) is 3.22. The van der Waals surface area contributed by atoms with E-state index >= 15 is 0 Å². The van der Waals surface area contributed by atoms with Crippen LogP contribution in [-0.4, -0.2) is 43.5 Å². The van der Waals surface area contributed by atoms with Gasteiger partial charge in [0, 0.05) is 55.4 Å². The first-order valence-corrected chi connectivity index (χ1v) is 10.7. The first kappa shape index (κ1) is 20.2. The minimum Gasteiger partial charge on any atom is -0.420 e. The van der Waals surface area contributed by atoms with Crippen molar-refractivity contribution in [3.63, 3.8) is 0 Å². The summed E-state index contributed by atoms with van der Waals surface area (Å²) >= 11 is 0. The van der Waals surface area contributed by atoms with Crippen LogP contribution in [0.1, 0.15) is 42.3 Å². The predicted molar refractivity (Wildman–Crippen MR) is 118 cm³/mol. The van der Waals surface area contributed by atoms with Crippen LogP contribution in [0, 0.1) is 6.92 Å². The number of aromatic amines is 1. The molecule has 4 aromatic rings. The highest BCUT2D eigenvalue weighted by atomic mass is 16.4. The van der Waals surface area contributed by atoms with Crippen molar-refractivity contribution in [1.29, 1.82) is 0 Å². The zero-order valence-corrected chi connectivity index (χ0v) is 17.7. The van der Waals surface area contributed by atoms with Gasteiger partial charge in [-0.1, -0.05) is 12.1 Å². The third-order valence-electron chi connectivity index (χ3n) is 5.95. The number of aryl methyl sites for hydroxylation is 2. The molecule has 1 saturated heterocycles. The van der Waals surface area contributed by atoms with Gasteiger partial charge in [0.2, 0.25) is 5.91 Å². The van der Waals surface area contributed by atoms with E-state index in [1.807, 2.05) is 17.0 Å². The van der Waals surface area contributed by atoms with Crippen LogP contribution in [0.25, 0.3) is 16.7 Å². The topological polar surface area (TPSA) is 114 Å². The summed E-state index contributed by atoms with van der Waals surface area (Å²) in [5.74, 6) is 0.0734. The number of rotatable bonds is 4. The van der Waals surface area contributed by atoms with Gasteiger partial charge in [0.05, 0.1) is 0 Å². The van der Waals surface area contributed by atoms with Crippen LogP contribution in [0.4, 0.5) is 0 Å².